The van der Waals surface area contributed by atoms with Crippen LogP contribution in [-0.2, 0) is 23.3 Å². The van der Waals surface area contributed by atoms with Crippen molar-refractivity contribution >= 4 is 17.7 Å². The number of nitrogens with one attached hydrogen (secondary N) is 1. The van der Waals surface area contributed by atoms with Crippen LogP contribution in [0.4, 0.5) is 13.2 Å². The molecule has 1 heterocycles. The number of thioether (sulfide) groups is 1. The fourth-order valence-corrected chi connectivity index (χ4v) is 2.55. The van der Waals surface area contributed by atoms with E-state index in [0.717, 1.165) is 12.1 Å². The standard InChI is InChI=1S/C15H14F3NO2S/c16-15(17,18)12-4-1-3-11(7-12)9-22-10-14(20)19-8-13-5-2-6-21-13/h1-7H,8-10H2,(H,19,20). The maximum Gasteiger partial charge on any atom is 0.416 e. The highest BCUT2D eigenvalue weighted by molar-refractivity contribution is 7.99. The molecule has 0 atom stereocenters. The molecule has 2 aromatic rings. The Morgan fingerprint density at radius 3 is 2.73 bits per heavy atom. The molecule has 7 heteroatoms. The summed E-state index contributed by atoms with van der Waals surface area (Å²) in [5.74, 6) is 0.985. The first kappa shape index (κ1) is 16.5. The molecule has 0 aliphatic rings. The smallest absolute Gasteiger partial charge is 0.416 e. The van der Waals surface area contributed by atoms with Crippen molar-refractivity contribution in [3.05, 3.63) is 59.5 Å². The molecule has 0 radical (unpaired) electrons. The quantitative estimate of drug-likeness (QED) is 0.875. The lowest BCUT2D eigenvalue weighted by Gasteiger charge is -2.08. The minimum absolute atomic E-state index is 0.178. The summed E-state index contributed by atoms with van der Waals surface area (Å²) in [5.41, 5.74) is -0.133. The Balaban J connectivity index is 1.75. The van der Waals surface area contributed by atoms with Crippen molar-refractivity contribution in [3.63, 3.8) is 0 Å². The average molecular weight is 329 g/mol. The molecule has 1 aromatic heterocycles. The van der Waals surface area contributed by atoms with Crippen molar-refractivity contribution in [2.45, 2.75) is 18.5 Å². The topological polar surface area (TPSA) is 42.2 Å². The van der Waals surface area contributed by atoms with Crippen molar-refractivity contribution in [1.29, 1.82) is 0 Å². The van der Waals surface area contributed by atoms with Crippen LogP contribution in [0.1, 0.15) is 16.9 Å². The molecule has 1 amide bonds. The Labute approximate surface area is 129 Å². The van der Waals surface area contributed by atoms with E-state index >= 15 is 0 Å². The van der Waals surface area contributed by atoms with Crippen LogP contribution < -0.4 is 5.32 Å². The predicted octanol–water partition coefficient (Wildman–Crippen LogP) is 3.85. The molecule has 0 bridgehead atoms. The fourth-order valence-electron chi connectivity index (χ4n) is 1.75. The lowest BCUT2D eigenvalue weighted by atomic mass is 10.1. The molecule has 2 rings (SSSR count). The number of amides is 1. The lowest BCUT2D eigenvalue weighted by molar-refractivity contribution is -0.137. The zero-order valence-corrected chi connectivity index (χ0v) is 12.3. The molecule has 1 N–H and O–H groups in total. The van der Waals surface area contributed by atoms with Crippen molar-refractivity contribution in [1.82, 2.24) is 5.32 Å². The van der Waals surface area contributed by atoms with E-state index in [4.69, 9.17) is 4.42 Å². The van der Waals surface area contributed by atoms with E-state index in [9.17, 15) is 18.0 Å². The first-order valence-corrected chi connectivity index (χ1v) is 7.63. The zero-order chi connectivity index (χ0) is 16.0. The highest BCUT2D eigenvalue weighted by Gasteiger charge is 2.30. The van der Waals surface area contributed by atoms with E-state index in [-0.39, 0.29) is 11.7 Å². The first-order chi connectivity index (χ1) is 10.4. The van der Waals surface area contributed by atoms with Crippen LogP contribution >= 0.6 is 11.8 Å². The minimum atomic E-state index is -4.35. The largest absolute Gasteiger partial charge is 0.467 e. The van der Waals surface area contributed by atoms with Crippen LogP contribution in [-0.4, -0.2) is 11.7 Å². The molecular formula is C15H14F3NO2S. The van der Waals surface area contributed by atoms with Crippen molar-refractivity contribution in [2.75, 3.05) is 5.75 Å². The molecule has 0 aliphatic carbocycles. The first-order valence-electron chi connectivity index (χ1n) is 6.48. The number of carbonyl (C=O) groups is 1. The van der Waals surface area contributed by atoms with Gasteiger partial charge in [0.2, 0.25) is 5.91 Å². The number of benzene rings is 1. The third-order valence-electron chi connectivity index (χ3n) is 2.80. The van der Waals surface area contributed by atoms with Gasteiger partial charge in [0.15, 0.2) is 0 Å². The second-order valence-corrected chi connectivity index (χ2v) is 5.53. The summed E-state index contributed by atoms with van der Waals surface area (Å²) >= 11 is 1.26. The fraction of sp³-hybridized carbons (Fsp3) is 0.267. The normalized spacial score (nSPS) is 11.4. The summed E-state index contributed by atoms with van der Waals surface area (Å²) < 4.78 is 42.8. The zero-order valence-electron chi connectivity index (χ0n) is 11.5. The van der Waals surface area contributed by atoms with Crippen LogP contribution in [0, 0.1) is 0 Å². The summed E-state index contributed by atoms with van der Waals surface area (Å²) in [6.07, 6.45) is -2.83. The predicted molar refractivity (Wildman–Crippen MR) is 78.2 cm³/mol. The molecule has 0 unspecified atom stereocenters. The Morgan fingerprint density at radius 2 is 2.05 bits per heavy atom. The van der Waals surface area contributed by atoms with E-state index in [1.54, 1.807) is 18.2 Å². The maximum atomic E-state index is 12.6. The molecule has 0 saturated heterocycles. The molecule has 1 aromatic carbocycles. The van der Waals surface area contributed by atoms with Crippen LogP contribution in [0.3, 0.4) is 0 Å². The average Bonchev–Trinajstić information content (AvgIpc) is 2.98. The second kappa shape index (κ2) is 7.40. The molecular weight excluding hydrogens is 315 g/mol. The number of alkyl halides is 3. The molecule has 0 spiro atoms. The summed E-state index contributed by atoms with van der Waals surface area (Å²) in [7, 11) is 0. The third-order valence-corrected chi connectivity index (χ3v) is 3.80. The Hall–Kier alpha value is -1.89. The molecule has 0 saturated carbocycles. The van der Waals surface area contributed by atoms with Gasteiger partial charge in [0.25, 0.3) is 0 Å². The highest BCUT2D eigenvalue weighted by Crippen LogP contribution is 2.30. The summed E-state index contributed by atoms with van der Waals surface area (Å²) in [6, 6.07) is 8.59. The van der Waals surface area contributed by atoms with E-state index in [0.29, 0.717) is 23.6 Å². The van der Waals surface area contributed by atoms with E-state index < -0.39 is 11.7 Å². The monoisotopic (exact) mass is 329 g/mol. The van der Waals surface area contributed by atoms with Crippen LogP contribution in [0.5, 0.6) is 0 Å². The van der Waals surface area contributed by atoms with Gasteiger partial charge >= 0.3 is 6.18 Å². The summed E-state index contributed by atoms with van der Waals surface area (Å²) in [4.78, 5) is 11.6. The Kier molecular flexibility index (Phi) is 5.54. The van der Waals surface area contributed by atoms with E-state index in [1.165, 1.54) is 24.1 Å². The van der Waals surface area contributed by atoms with Crippen molar-refractivity contribution < 1.29 is 22.4 Å². The highest BCUT2D eigenvalue weighted by atomic mass is 32.2. The van der Waals surface area contributed by atoms with Crippen LogP contribution in [0.15, 0.2) is 47.1 Å². The van der Waals surface area contributed by atoms with E-state index in [2.05, 4.69) is 5.32 Å². The minimum Gasteiger partial charge on any atom is -0.467 e. The summed E-state index contributed by atoms with van der Waals surface area (Å²) in [6.45, 7) is 0.302. The van der Waals surface area contributed by atoms with Crippen LogP contribution in [0.25, 0.3) is 0 Å². The van der Waals surface area contributed by atoms with Crippen molar-refractivity contribution in [2.24, 2.45) is 0 Å². The van der Waals surface area contributed by atoms with Crippen molar-refractivity contribution in [3.8, 4) is 0 Å². The van der Waals surface area contributed by atoms with Gasteiger partial charge in [-0.15, -0.1) is 11.8 Å². The molecule has 0 aliphatic heterocycles. The molecule has 118 valence electrons. The van der Waals surface area contributed by atoms with Gasteiger partial charge in [0.1, 0.15) is 5.76 Å². The van der Waals surface area contributed by atoms with E-state index in [1.807, 2.05) is 0 Å². The van der Waals surface area contributed by atoms with Gasteiger partial charge < -0.3 is 9.73 Å². The van der Waals surface area contributed by atoms with Gasteiger partial charge in [-0.2, -0.15) is 13.2 Å². The lowest BCUT2D eigenvalue weighted by Crippen LogP contribution is -2.24. The number of halogens is 3. The SMILES string of the molecule is O=C(CSCc1cccc(C(F)(F)F)c1)NCc1ccco1. The second-order valence-electron chi connectivity index (χ2n) is 4.55. The number of hydrogen-bond acceptors (Lipinski definition) is 3. The van der Waals surface area contributed by atoms with Gasteiger partial charge in [0, 0.05) is 5.75 Å². The van der Waals surface area contributed by atoms with Gasteiger partial charge in [-0.25, -0.2) is 0 Å². The Morgan fingerprint density at radius 1 is 1.23 bits per heavy atom. The molecule has 22 heavy (non-hydrogen) atoms. The molecule has 0 fully saturated rings. The number of carbonyl (C=O) groups excluding carboxylic acids is 1. The third kappa shape index (κ3) is 5.14. The van der Waals surface area contributed by atoms with Crippen LogP contribution in [0.2, 0.25) is 0 Å². The van der Waals surface area contributed by atoms with Gasteiger partial charge in [-0.3, -0.25) is 4.79 Å². The maximum absolute atomic E-state index is 12.6. The Bertz CT molecular complexity index is 612. The number of hydrogen-bond donors (Lipinski definition) is 1. The number of rotatable bonds is 6. The van der Waals surface area contributed by atoms with Gasteiger partial charge in [0.05, 0.1) is 24.1 Å². The molecule has 3 nitrogen and oxygen atoms in total. The van der Waals surface area contributed by atoms with Gasteiger partial charge in [-0.1, -0.05) is 18.2 Å². The van der Waals surface area contributed by atoms with Gasteiger partial charge in [-0.05, 0) is 23.8 Å². The summed E-state index contributed by atoms with van der Waals surface area (Å²) in [5, 5.41) is 2.67. The number of furan rings is 1.